The van der Waals surface area contributed by atoms with Crippen molar-refractivity contribution >= 4 is 35.2 Å². The molecule has 2 saturated carbocycles. The fourth-order valence-electron chi connectivity index (χ4n) is 8.83. The van der Waals surface area contributed by atoms with E-state index in [1.807, 2.05) is 66.7 Å². The minimum Gasteiger partial charge on any atom is -0.458 e. The van der Waals surface area contributed by atoms with Crippen LogP contribution in [-0.2, 0) is 14.3 Å². The summed E-state index contributed by atoms with van der Waals surface area (Å²) in [7, 11) is 0. The van der Waals surface area contributed by atoms with E-state index in [2.05, 4.69) is 46.5 Å². The van der Waals surface area contributed by atoms with Gasteiger partial charge in [-0.15, -0.1) is 0 Å². The van der Waals surface area contributed by atoms with E-state index in [1.54, 1.807) is 0 Å². The first-order valence-corrected chi connectivity index (χ1v) is 17.8. The highest BCUT2D eigenvalue weighted by molar-refractivity contribution is 6.28. The van der Waals surface area contributed by atoms with Crippen molar-refractivity contribution in [1.82, 2.24) is 4.98 Å². The van der Waals surface area contributed by atoms with Gasteiger partial charge in [0, 0.05) is 11.1 Å². The van der Waals surface area contributed by atoms with Crippen LogP contribution in [0.2, 0.25) is 0 Å². The van der Waals surface area contributed by atoms with Crippen LogP contribution in [0, 0.1) is 35.5 Å². The molecule has 5 N–H and O–H groups in total. The van der Waals surface area contributed by atoms with Gasteiger partial charge in [0.1, 0.15) is 35.0 Å². The number of hydrogen-bond acceptors (Lipinski definition) is 7. The lowest BCUT2D eigenvalue weighted by Crippen LogP contribution is -2.38. The summed E-state index contributed by atoms with van der Waals surface area (Å²) in [5.41, 5.74) is 17.5. The van der Waals surface area contributed by atoms with Crippen molar-refractivity contribution < 1.29 is 19.1 Å². The van der Waals surface area contributed by atoms with Crippen LogP contribution in [-0.4, -0.2) is 35.0 Å². The number of nitrogens with one attached hydrogen (secondary N) is 1. The highest BCUT2D eigenvalue weighted by Gasteiger charge is 2.39. The highest BCUT2D eigenvalue weighted by atomic mass is 16.5. The molecule has 0 radical (unpaired) electrons. The summed E-state index contributed by atoms with van der Waals surface area (Å²) in [6.07, 6.45) is 5.40. The van der Waals surface area contributed by atoms with Gasteiger partial charge < -0.3 is 25.9 Å². The molecule has 4 atom stereocenters. The predicted octanol–water partition coefficient (Wildman–Crippen LogP) is 8.27. The average Bonchev–Trinajstić information content (AvgIpc) is 3.56. The minimum absolute atomic E-state index is 0.0921. The van der Waals surface area contributed by atoms with E-state index in [-0.39, 0.29) is 58.7 Å². The molecule has 2 heterocycles. The molecule has 3 aliphatic rings. The molecule has 8 heteroatoms. The van der Waals surface area contributed by atoms with E-state index in [1.165, 1.54) is 0 Å². The van der Waals surface area contributed by atoms with Crippen LogP contribution in [0.1, 0.15) is 88.8 Å². The number of anilines is 1. The lowest BCUT2D eigenvalue weighted by atomic mass is 9.75. The zero-order valence-corrected chi connectivity index (χ0v) is 29.5. The van der Waals surface area contributed by atoms with Crippen molar-refractivity contribution in [1.29, 1.82) is 0 Å². The second-order valence-electron chi connectivity index (χ2n) is 15.0. The van der Waals surface area contributed by atoms with E-state index < -0.39 is 11.9 Å². The third-order valence-corrected chi connectivity index (χ3v) is 10.7. The number of ether oxygens (including phenoxy) is 2. The van der Waals surface area contributed by atoms with Gasteiger partial charge in [0.05, 0.1) is 11.4 Å². The Labute approximate surface area is 290 Å². The van der Waals surface area contributed by atoms with E-state index in [9.17, 15) is 9.59 Å². The fraction of sp³-hybridized carbons (Fsp3) is 0.439. The van der Waals surface area contributed by atoms with Gasteiger partial charge in [-0.2, -0.15) is 0 Å². The topological polar surface area (TPSA) is 133 Å². The molecule has 0 saturated heterocycles. The Morgan fingerprint density at radius 2 is 1.18 bits per heavy atom. The molecule has 2 aromatic carbocycles. The maximum Gasteiger partial charge on any atom is 0.342 e. The number of aliphatic imine (C=N–C) groups is 1. The van der Waals surface area contributed by atoms with Gasteiger partial charge in [-0.05, 0) is 78.4 Å². The molecule has 2 fully saturated rings. The number of aromatic nitrogens is 1. The van der Waals surface area contributed by atoms with Crippen molar-refractivity contribution in [3.63, 3.8) is 0 Å². The summed E-state index contributed by atoms with van der Waals surface area (Å²) in [5.74, 6) is 1.46. The number of allylic oxidation sites excluding steroid dienone is 1. The van der Waals surface area contributed by atoms with Crippen LogP contribution in [0.15, 0.2) is 76.9 Å². The SMILES string of the molecule is CC1CC(C)C(OC(=O)C2=C(c3ccccc3)C(=Cc3[nH]c(N)c(C(=O)OC4C(C)CC(C)CC4C)c3-c3ccccc3)N=C2N)C(C)C1. The van der Waals surface area contributed by atoms with Gasteiger partial charge >= 0.3 is 11.9 Å². The monoisotopic (exact) mass is 662 g/mol. The number of benzene rings is 2. The van der Waals surface area contributed by atoms with E-state index in [0.717, 1.165) is 36.8 Å². The Morgan fingerprint density at radius 1 is 0.714 bits per heavy atom. The van der Waals surface area contributed by atoms with E-state index in [4.69, 9.17) is 25.9 Å². The molecular formula is C41H50N4O4. The van der Waals surface area contributed by atoms with Gasteiger partial charge in [-0.3, -0.25) is 0 Å². The standard InChI is InChI=1S/C41H50N4O4/c1-22-17-24(3)36(25(4)18-22)48-40(46)34-32(28-13-9-7-10-14-28)30(44-38(34)42)21-31-33(29-15-11-8-12-16-29)35(39(43)45-31)41(47)49-37-26(5)19-23(2)20-27(37)6/h7-16,21-27,36-37,44H,17-20,42H2,1-6H3,(H2,43,45). The summed E-state index contributed by atoms with van der Waals surface area (Å²) in [5, 5.41) is 0. The van der Waals surface area contributed by atoms with E-state index >= 15 is 0 Å². The van der Waals surface area contributed by atoms with Crippen LogP contribution in [0.4, 0.5) is 5.82 Å². The second-order valence-corrected chi connectivity index (χ2v) is 15.0. The van der Waals surface area contributed by atoms with E-state index in [0.29, 0.717) is 34.4 Å². The molecule has 6 rings (SSSR count). The molecular weight excluding hydrogens is 612 g/mol. The number of carbonyl (C=O) groups is 2. The summed E-state index contributed by atoms with van der Waals surface area (Å²) < 4.78 is 12.5. The summed E-state index contributed by atoms with van der Waals surface area (Å²) in [4.78, 5) is 36.0. The molecule has 0 bridgehead atoms. The Morgan fingerprint density at radius 3 is 1.69 bits per heavy atom. The smallest absolute Gasteiger partial charge is 0.342 e. The number of H-pyrrole nitrogens is 1. The third-order valence-electron chi connectivity index (χ3n) is 10.7. The molecule has 1 aliphatic heterocycles. The van der Waals surface area contributed by atoms with Crippen molar-refractivity contribution in [2.24, 2.45) is 46.2 Å². The first-order chi connectivity index (χ1) is 23.4. The van der Waals surface area contributed by atoms with Gasteiger partial charge in [-0.1, -0.05) is 102 Å². The Hall–Kier alpha value is -4.59. The van der Waals surface area contributed by atoms with Gasteiger partial charge in [0.15, 0.2) is 0 Å². The minimum atomic E-state index is -0.481. The second kappa shape index (κ2) is 14.1. The lowest BCUT2D eigenvalue weighted by molar-refractivity contribution is -0.152. The maximum atomic E-state index is 14.0. The van der Waals surface area contributed by atoms with Crippen molar-refractivity contribution in [2.75, 3.05) is 5.73 Å². The quantitative estimate of drug-likeness (QED) is 0.218. The number of carbonyl (C=O) groups excluding carboxylic acids is 2. The molecule has 258 valence electrons. The molecule has 4 unspecified atom stereocenters. The average molecular weight is 663 g/mol. The number of esters is 2. The number of rotatable bonds is 7. The van der Waals surface area contributed by atoms with Crippen LogP contribution in [0.25, 0.3) is 22.8 Å². The zero-order valence-electron chi connectivity index (χ0n) is 29.5. The summed E-state index contributed by atoms with van der Waals surface area (Å²) in [6, 6.07) is 19.2. The molecule has 8 nitrogen and oxygen atoms in total. The normalized spacial score (nSPS) is 29.5. The molecule has 3 aromatic rings. The predicted molar refractivity (Wildman–Crippen MR) is 196 cm³/mol. The highest BCUT2D eigenvalue weighted by Crippen LogP contribution is 2.42. The molecule has 0 amide bonds. The zero-order chi connectivity index (χ0) is 35.0. The number of hydrogen-bond donors (Lipinski definition) is 3. The number of nitrogen functional groups attached to an aromatic ring is 1. The van der Waals surface area contributed by atoms with Crippen molar-refractivity contribution in [3.8, 4) is 11.1 Å². The fourth-order valence-corrected chi connectivity index (χ4v) is 8.83. The first kappa shape index (κ1) is 34.3. The Kier molecular flexibility index (Phi) is 9.87. The summed E-state index contributed by atoms with van der Waals surface area (Å²) >= 11 is 0. The van der Waals surface area contributed by atoms with Crippen LogP contribution in [0.3, 0.4) is 0 Å². The van der Waals surface area contributed by atoms with Crippen molar-refractivity contribution in [2.45, 2.75) is 79.4 Å². The largest absolute Gasteiger partial charge is 0.458 e. The van der Waals surface area contributed by atoms with Gasteiger partial charge in [0.25, 0.3) is 0 Å². The number of nitrogens with zero attached hydrogens (tertiary/aromatic N) is 1. The molecule has 0 spiro atoms. The van der Waals surface area contributed by atoms with Gasteiger partial charge in [0.2, 0.25) is 0 Å². The first-order valence-electron chi connectivity index (χ1n) is 17.8. The van der Waals surface area contributed by atoms with Crippen LogP contribution < -0.4 is 11.5 Å². The van der Waals surface area contributed by atoms with Crippen molar-refractivity contribution in [3.05, 3.63) is 88.8 Å². The number of nitrogens with two attached hydrogens (primary N) is 2. The lowest BCUT2D eigenvalue weighted by Gasteiger charge is -2.37. The van der Waals surface area contributed by atoms with Gasteiger partial charge in [-0.25, -0.2) is 14.6 Å². The molecule has 1 aromatic heterocycles. The molecule has 2 aliphatic carbocycles. The maximum absolute atomic E-state index is 14.0. The molecule has 49 heavy (non-hydrogen) atoms. The number of aromatic amines is 1. The Balaban J connectivity index is 1.43. The summed E-state index contributed by atoms with van der Waals surface area (Å²) in [6.45, 7) is 13.1. The number of amidine groups is 1. The van der Waals surface area contributed by atoms with Crippen LogP contribution in [0.5, 0.6) is 0 Å². The Bertz CT molecular complexity index is 1770. The van der Waals surface area contributed by atoms with Crippen LogP contribution >= 0.6 is 0 Å². The third kappa shape index (κ3) is 6.96.